The van der Waals surface area contributed by atoms with Crippen LogP contribution in [0, 0.1) is 5.92 Å². The summed E-state index contributed by atoms with van der Waals surface area (Å²) in [6.45, 7) is 2.90. The molecule has 2 aliphatic heterocycles. The van der Waals surface area contributed by atoms with Crippen LogP contribution >= 0.6 is 0 Å². The van der Waals surface area contributed by atoms with Crippen LogP contribution in [0.25, 0.3) is 0 Å². The monoisotopic (exact) mass is 170 g/mol. The lowest BCUT2D eigenvalue weighted by Crippen LogP contribution is -2.49. The molecule has 0 unspecified atom stereocenters. The molecule has 2 saturated heterocycles. The van der Waals surface area contributed by atoms with Gasteiger partial charge in [0.25, 0.3) is 0 Å². The first kappa shape index (κ1) is 8.01. The van der Waals surface area contributed by atoms with Gasteiger partial charge in [-0.1, -0.05) is 0 Å². The fraction of sp³-hybridized carbons (Fsp3) is 0.875. The minimum absolute atomic E-state index is 0.0319. The molecule has 12 heavy (non-hydrogen) atoms. The fourth-order valence-corrected chi connectivity index (χ4v) is 1.84. The first-order valence-electron chi connectivity index (χ1n) is 4.44. The van der Waals surface area contributed by atoms with E-state index in [1.54, 1.807) is 0 Å². The van der Waals surface area contributed by atoms with E-state index in [1.165, 1.54) is 0 Å². The molecule has 0 bridgehead atoms. The van der Waals surface area contributed by atoms with Crippen molar-refractivity contribution in [3.8, 4) is 0 Å². The van der Waals surface area contributed by atoms with Gasteiger partial charge in [0, 0.05) is 18.5 Å². The zero-order valence-corrected chi connectivity index (χ0v) is 7.01. The first-order valence-corrected chi connectivity index (χ1v) is 4.44. The summed E-state index contributed by atoms with van der Waals surface area (Å²) in [7, 11) is 0. The van der Waals surface area contributed by atoms with Gasteiger partial charge in [-0.25, -0.2) is 0 Å². The molecule has 0 aromatic carbocycles. The van der Waals surface area contributed by atoms with E-state index in [0.717, 1.165) is 19.5 Å². The minimum atomic E-state index is 0.0319. The number of piperidine rings is 1. The molecule has 0 aliphatic carbocycles. The number of nitrogens with one attached hydrogen (secondary N) is 2. The van der Waals surface area contributed by atoms with Crippen molar-refractivity contribution < 1.29 is 9.53 Å². The smallest absolute Gasteiger partial charge is 0.246 e. The summed E-state index contributed by atoms with van der Waals surface area (Å²) in [6, 6.07) is 0.334. The lowest BCUT2D eigenvalue weighted by molar-refractivity contribution is -0.124. The normalized spacial score (nSPS) is 36.5. The number of hydrogen-bond donors (Lipinski definition) is 2. The van der Waals surface area contributed by atoms with Crippen LogP contribution in [0.3, 0.4) is 0 Å². The number of rotatable bonds is 0. The Morgan fingerprint density at radius 3 is 3.33 bits per heavy atom. The largest absolute Gasteiger partial charge is 0.371 e. The number of ether oxygens (including phenoxy) is 1. The molecule has 2 atom stereocenters. The van der Waals surface area contributed by atoms with E-state index in [4.69, 9.17) is 4.74 Å². The second kappa shape index (κ2) is 3.41. The number of amides is 1. The molecule has 0 spiro atoms. The van der Waals surface area contributed by atoms with Gasteiger partial charge in [0.05, 0.1) is 6.61 Å². The van der Waals surface area contributed by atoms with Crippen molar-refractivity contribution in [1.29, 1.82) is 0 Å². The molecule has 0 aromatic heterocycles. The van der Waals surface area contributed by atoms with Crippen LogP contribution < -0.4 is 10.6 Å². The molecular weight excluding hydrogens is 156 g/mol. The van der Waals surface area contributed by atoms with Crippen LogP contribution in [0.2, 0.25) is 0 Å². The Hall–Kier alpha value is -0.610. The Balaban J connectivity index is 2.01. The lowest BCUT2D eigenvalue weighted by atomic mass is 9.94. The molecule has 0 radical (unpaired) electrons. The number of carbonyl (C=O) groups excluding carboxylic acids is 1. The molecule has 2 N–H and O–H groups in total. The number of hydrogen-bond acceptors (Lipinski definition) is 3. The van der Waals surface area contributed by atoms with Gasteiger partial charge in [0.15, 0.2) is 0 Å². The third-order valence-electron chi connectivity index (χ3n) is 2.52. The van der Waals surface area contributed by atoms with E-state index in [2.05, 4.69) is 10.6 Å². The highest BCUT2D eigenvalue weighted by Gasteiger charge is 2.28. The van der Waals surface area contributed by atoms with Crippen LogP contribution in [-0.2, 0) is 9.53 Å². The van der Waals surface area contributed by atoms with Gasteiger partial charge in [-0.05, 0) is 13.0 Å². The van der Waals surface area contributed by atoms with Crippen molar-refractivity contribution in [3.05, 3.63) is 0 Å². The zero-order valence-electron chi connectivity index (χ0n) is 7.01. The molecule has 0 aromatic rings. The summed E-state index contributed by atoms with van der Waals surface area (Å²) in [4.78, 5) is 11.1. The second-order valence-electron chi connectivity index (χ2n) is 3.44. The average molecular weight is 170 g/mol. The molecule has 68 valence electrons. The third-order valence-corrected chi connectivity index (χ3v) is 2.52. The average Bonchev–Trinajstić information content (AvgIpc) is 2.25. The second-order valence-corrected chi connectivity index (χ2v) is 3.44. The Labute approximate surface area is 71.7 Å². The highest BCUT2D eigenvalue weighted by molar-refractivity contribution is 5.77. The van der Waals surface area contributed by atoms with E-state index in [0.29, 0.717) is 18.6 Å². The summed E-state index contributed by atoms with van der Waals surface area (Å²) in [5, 5.41) is 6.27. The maximum absolute atomic E-state index is 11.1. The molecule has 2 heterocycles. The van der Waals surface area contributed by atoms with Gasteiger partial charge in [0.2, 0.25) is 5.91 Å². The topological polar surface area (TPSA) is 50.4 Å². The highest BCUT2D eigenvalue weighted by atomic mass is 16.5. The Kier molecular flexibility index (Phi) is 2.28. The van der Waals surface area contributed by atoms with Gasteiger partial charge in [-0.15, -0.1) is 0 Å². The maximum Gasteiger partial charge on any atom is 0.246 e. The predicted molar refractivity (Wildman–Crippen MR) is 43.7 cm³/mol. The van der Waals surface area contributed by atoms with E-state index in [-0.39, 0.29) is 12.5 Å². The minimum Gasteiger partial charge on any atom is -0.371 e. The number of carbonyl (C=O) groups is 1. The predicted octanol–water partition coefficient (Wildman–Crippen LogP) is -0.889. The Morgan fingerprint density at radius 2 is 2.42 bits per heavy atom. The van der Waals surface area contributed by atoms with Crippen LogP contribution in [-0.4, -0.2) is 38.3 Å². The summed E-state index contributed by atoms with van der Waals surface area (Å²) in [6.07, 6.45) is 1.03. The first-order chi connectivity index (χ1) is 5.86. The van der Waals surface area contributed by atoms with Crippen LogP contribution in [0.5, 0.6) is 0 Å². The van der Waals surface area contributed by atoms with Crippen molar-refractivity contribution in [2.45, 2.75) is 12.5 Å². The van der Waals surface area contributed by atoms with Crippen molar-refractivity contribution in [2.75, 3.05) is 26.3 Å². The summed E-state index contributed by atoms with van der Waals surface area (Å²) in [5.74, 6) is 0.495. The molecule has 2 rings (SSSR count). The van der Waals surface area contributed by atoms with Crippen molar-refractivity contribution >= 4 is 5.91 Å². The molecule has 2 aliphatic rings. The van der Waals surface area contributed by atoms with Gasteiger partial charge >= 0.3 is 0 Å². The molecule has 1 amide bonds. The third kappa shape index (κ3) is 1.59. The molecular formula is C8H14N2O2. The summed E-state index contributed by atoms with van der Waals surface area (Å²) in [5.41, 5.74) is 0. The van der Waals surface area contributed by atoms with Crippen molar-refractivity contribution in [3.63, 3.8) is 0 Å². The summed E-state index contributed by atoms with van der Waals surface area (Å²) >= 11 is 0. The fourth-order valence-electron chi connectivity index (χ4n) is 1.84. The zero-order chi connectivity index (χ0) is 8.39. The van der Waals surface area contributed by atoms with Gasteiger partial charge in [0.1, 0.15) is 6.61 Å². The number of fused-ring (bicyclic) bond motifs is 1. The Bertz CT molecular complexity index is 184. The van der Waals surface area contributed by atoms with Crippen LogP contribution in [0.15, 0.2) is 0 Å². The van der Waals surface area contributed by atoms with Gasteiger partial charge in [-0.3, -0.25) is 4.79 Å². The molecule has 4 nitrogen and oxygen atoms in total. The van der Waals surface area contributed by atoms with Crippen LogP contribution in [0.1, 0.15) is 6.42 Å². The van der Waals surface area contributed by atoms with Crippen molar-refractivity contribution in [2.24, 2.45) is 5.92 Å². The molecule has 4 heteroatoms. The van der Waals surface area contributed by atoms with Crippen molar-refractivity contribution in [1.82, 2.24) is 10.6 Å². The van der Waals surface area contributed by atoms with E-state index >= 15 is 0 Å². The van der Waals surface area contributed by atoms with E-state index in [9.17, 15) is 4.79 Å². The lowest BCUT2D eigenvalue weighted by Gasteiger charge is -2.29. The van der Waals surface area contributed by atoms with E-state index in [1.807, 2.05) is 0 Å². The van der Waals surface area contributed by atoms with Gasteiger partial charge in [-0.2, -0.15) is 0 Å². The molecule has 2 fully saturated rings. The highest BCUT2D eigenvalue weighted by Crippen LogP contribution is 2.13. The van der Waals surface area contributed by atoms with E-state index < -0.39 is 0 Å². The maximum atomic E-state index is 11.1. The summed E-state index contributed by atoms with van der Waals surface area (Å²) < 4.78 is 5.22. The molecule has 0 saturated carbocycles. The standard InChI is InChI=1S/C8H14N2O2/c11-8-5-12-4-6-3-9-2-1-7(6)10-8/h6-7,9H,1-5H2,(H,10,11)/t6-,7+/m0/s1. The SMILES string of the molecule is O=C1COC[C@@H]2CNCC[C@H]2N1. The van der Waals surface area contributed by atoms with Gasteiger partial charge < -0.3 is 15.4 Å². The quantitative estimate of drug-likeness (QED) is 0.496. The Morgan fingerprint density at radius 1 is 1.50 bits per heavy atom. The van der Waals surface area contributed by atoms with Crippen LogP contribution in [0.4, 0.5) is 0 Å².